The van der Waals surface area contributed by atoms with E-state index in [-0.39, 0.29) is 27.6 Å². The van der Waals surface area contributed by atoms with E-state index in [0.717, 1.165) is 37.4 Å². The first kappa shape index (κ1) is 29.5. The molecule has 0 aliphatic rings. The Kier molecular flexibility index (Phi) is 10.7. The van der Waals surface area contributed by atoms with Crippen molar-refractivity contribution in [3.05, 3.63) is 94.8 Å². The summed E-state index contributed by atoms with van der Waals surface area (Å²) in [4.78, 5) is 40.2. The van der Waals surface area contributed by atoms with Gasteiger partial charge in [0.1, 0.15) is 0 Å². The zero-order valence-electron chi connectivity index (χ0n) is 21.8. The van der Waals surface area contributed by atoms with E-state index in [9.17, 15) is 27.9 Å². The first-order valence-electron chi connectivity index (χ1n) is 12.9. The lowest BCUT2D eigenvalue weighted by Gasteiger charge is -2.13. The molecule has 1 heterocycles. The Bertz CT molecular complexity index is 1390. The molecule has 0 bridgehead atoms. The summed E-state index contributed by atoms with van der Waals surface area (Å²) in [6.45, 7) is 2.51. The fraction of sp³-hybridized carbons (Fsp3) is 0.310. The van der Waals surface area contributed by atoms with Crippen LogP contribution in [0.4, 0.5) is 0 Å². The lowest BCUT2D eigenvalue weighted by molar-refractivity contribution is -0.255. The maximum Gasteiger partial charge on any atom is 0.266 e. The van der Waals surface area contributed by atoms with Crippen LogP contribution in [0.25, 0.3) is 0 Å². The number of benzene rings is 2. The summed E-state index contributed by atoms with van der Waals surface area (Å²) in [6, 6.07) is 16.2. The molecule has 10 heteroatoms. The highest BCUT2D eigenvalue weighted by Gasteiger charge is 2.22. The van der Waals surface area contributed by atoms with E-state index in [2.05, 4.69) is 17.2 Å². The van der Waals surface area contributed by atoms with Gasteiger partial charge in [-0.25, -0.2) is 13.1 Å². The molecule has 0 fully saturated rings. The number of nitrogens with zero attached hydrogens (tertiary/aromatic N) is 1. The van der Waals surface area contributed by atoms with Gasteiger partial charge in [-0.1, -0.05) is 62.9 Å². The summed E-state index contributed by atoms with van der Waals surface area (Å²) < 4.78 is 27.8. The number of aryl methyl sites for hydroxylation is 1. The summed E-state index contributed by atoms with van der Waals surface area (Å²) in [7, 11) is -4.27. The topological polar surface area (TPSA) is 145 Å². The first-order valence-corrected chi connectivity index (χ1v) is 14.4. The van der Waals surface area contributed by atoms with E-state index in [1.54, 1.807) is 0 Å². The van der Waals surface area contributed by atoms with Crippen molar-refractivity contribution >= 4 is 27.8 Å². The molecule has 0 aliphatic heterocycles. The van der Waals surface area contributed by atoms with Crippen molar-refractivity contribution in [3.63, 3.8) is 0 Å². The number of nitrogens with one attached hydrogen (secondary N) is 2. The summed E-state index contributed by atoms with van der Waals surface area (Å²) in [5, 5.41) is 14.1. The van der Waals surface area contributed by atoms with Crippen molar-refractivity contribution in [2.45, 2.75) is 56.8 Å². The smallest absolute Gasteiger partial charge is 0.266 e. The van der Waals surface area contributed by atoms with E-state index in [0.29, 0.717) is 31.4 Å². The van der Waals surface area contributed by atoms with Crippen molar-refractivity contribution in [1.82, 2.24) is 15.0 Å². The van der Waals surface area contributed by atoms with Crippen LogP contribution < -0.4 is 15.1 Å². The molecule has 206 valence electrons. The molecule has 1 aromatic heterocycles. The molecule has 0 spiro atoms. The van der Waals surface area contributed by atoms with Gasteiger partial charge >= 0.3 is 0 Å². The number of pyridine rings is 1. The summed E-state index contributed by atoms with van der Waals surface area (Å²) in [5.41, 5.74) is 1.40. The highest BCUT2D eigenvalue weighted by Crippen LogP contribution is 2.17. The SMILES string of the molecule is CCCCCCCc1cc(C(=O)[O-])ncc1C(=O)NS(=O)(=O)c1ccc(C(=O)NCCc2ccccc2)cc1. The van der Waals surface area contributed by atoms with Gasteiger partial charge in [0.05, 0.1) is 22.1 Å². The average Bonchev–Trinajstić information content (AvgIpc) is 2.93. The van der Waals surface area contributed by atoms with Gasteiger partial charge in [-0.2, -0.15) is 0 Å². The van der Waals surface area contributed by atoms with Crippen molar-refractivity contribution in [2.24, 2.45) is 0 Å². The lowest BCUT2D eigenvalue weighted by atomic mass is 10.0. The molecule has 0 radical (unpaired) electrons. The Labute approximate surface area is 228 Å². The Hall–Kier alpha value is -4.05. The highest BCUT2D eigenvalue weighted by atomic mass is 32.2. The zero-order valence-corrected chi connectivity index (χ0v) is 22.6. The minimum absolute atomic E-state index is 0.0199. The van der Waals surface area contributed by atoms with Crippen LogP contribution in [0.15, 0.2) is 71.8 Å². The summed E-state index contributed by atoms with van der Waals surface area (Å²) >= 11 is 0. The van der Waals surface area contributed by atoms with Crippen LogP contribution in [-0.4, -0.2) is 37.7 Å². The van der Waals surface area contributed by atoms with E-state index in [4.69, 9.17) is 0 Å². The van der Waals surface area contributed by atoms with Crippen LogP contribution in [-0.2, 0) is 22.9 Å². The van der Waals surface area contributed by atoms with E-state index in [1.807, 2.05) is 35.1 Å². The molecule has 3 rings (SSSR count). The van der Waals surface area contributed by atoms with Crippen molar-refractivity contribution in [3.8, 4) is 0 Å². The van der Waals surface area contributed by atoms with E-state index >= 15 is 0 Å². The summed E-state index contributed by atoms with van der Waals surface area (Å²) in [6.07, 6.45) is 6.84. The van der Waals surface area contributed by atoms with Gasteiger partial charge in [-0.15, -0.1) is 0 Å². The molecule has 2 aromatic carbocycles. The normalized spacial score (nSPS) is 11.1. The maximum atomic E-state index is 12.9. The van der Waals surface area contributed by atoms with Crippen molar-refractivity contribution < 1.29 is 27.9 Å². The van der Waals surface area contributed by atoms with E-state index < -0.39 is 21.9 Å². The predicted molar refractivity (Wildman–Crippen MR) is 145 cm³/mol. The second-order valence-electron chi connectivity index (χ2n) is 9.13. The first-order chi connectivity index (χ1) is 18.7. The number of sulfonamides is 1. The average molecular weight is 551 g/mol. The molecule has 2 amide bonds. The third-order valence-corrected chi connectivity index (χ3v) is 7.54. The Morgan fingerprint density at radius 1 is 0.872 bits per heavy atom. The van der Waals surface area contributed by atoms with Gasteiger partial charge in [0.2, 0.25) is 0 Å². The number of hydrogen-bond acceptors (Lipinski definition) is 7. The molecule has 3 aromatic rings. The van der Waals surface area contributed by atoms with Crippen LogP contribution in [0, 0.1) is 0 Å². The lowest BCUT2D eigenvalue weighted by Crippen LogP contribution is -2.32. The molecule has 0 atom stereocenters. The third-order valence-electron chi connectivity index (χ3n) is 6.19. The third kappa shape index (κ3) is 8.75. The van der Waals surface area contributed by atoms with Gasteiger partial charge in [-0.05, 0) is 60.7 Å². The number of carbonyl (C=O) groups is 3. The molecule has 2 N–H and O–H groups in total. The van der Waals surface area contributed by atoms with Crippen LogP contribution in [0.3, 0.4) is 0 Å². The second kappa shape index (κ2) is 14.2. The molecule has 0 saturated heterocycles. The van der Waals surface area contributed by atoms with Crippen molar-refractivity contribution in [2.75, 3.05) is 6.54 Å². The van der Waals surface area contributed by atoms with Gasteiger partial charge in [0, 0.05) is 18.3 Å². The molecule has 0 aliphatic carbocycles. The number of carboxylic acids is 1. The van der Waals surface area contributed by atoms with Crippen LogP contribution >= 0.6 is 0 Å². The number of unbranched alkanes of at least 4 members (excludes halogenated alkanes) is 4. The molecule has 0 unspecified atom stereocenters. The Morgan fingerprint density at radius 3 is 2.23 bits per heavy atom. The molecule has 39 heavy (non-hydrogen) atoms. The molecular formula is C29H32N3O6S-. The maximum absolute atomic E-state index is 12.9. The fourth-order valence-corrected chi connectivity index (χ4v) is 4.99. The zero-order chi connectivity index (χ0) is 28.3. The fourth-order valence-electron chi connectivity index (χ4n) is 4.03. The van der Waals surface area contributed by atoms with Crippen LogP contribution in [0.5, 0.6) is 0 Å². The monoisotopic (exact) mass is 550 g/mol. The Balaban J connectivity index is 1.65. The molecule has 0 saturated carbocycles. The van der Waals surface area contributed by atoms with Crippen molar-refractivity contribution in [1.29, 1.82) is 0 Å². The summed E-state index contributed by atoms with van der Waals surface area (Å²) in [5.74, 6) is -2.74. The predicted octanol–water partition coefficient (Wildman–Crippen LogP) is 3.05. The standard InChI is InChI=1S/C29H33N3O6S/c1-2-3-4-5-9-12-23-19-26(29(35)36)31-20-25(23)28(34)32-39(37,38)24-15-13-22(14-16-24)27(33)30-18-17-21-10-7-6-8-11-21/h6-8,10-11,13-16,19-20H,2-5,9,12,17-18H2,1H3,(H,30,33)(H,32,34)(H,35,36)/p-1. The van der Waals surface area contributed by atoms with Gasteiger partial charge in [-0.3, -0.25) is 14.6 Å². The minimum atomic E-state index is -4.27. The number of carboxylic acid groups (broad SMARTS) is 1. The quantitative estimate of drug-likeness (QED) is 0.293. The Morgan fingerprint density at radius 2 is 1.56 bits per heavy atom. The minimum Gasteiger partial charge on any atom is -0.543 e. The van der Waals surface area contributed by atoms with Gasteiger partial charge < -0.3 is 15.2 Å². The van der Waals surface area contributed by atoms with Crippen LogP contribution in [0.1, 0.15) is 81.4 Å². The molecular weight excluding hydrogens is 518 g/mol. The second-order valence-corrected chi connectivity index (χ2v) is 10.8. The number of aromatic carboxylic acids is 1. The number of rotatable bonds is 14. The molecule has 9 nitrogen and oxygen atoms in total. The largest absolute Gasteiger partial charge is 0.543 e. The number of carbonyl (C=O) groups excluding carboxylic acids is 3. The highest BCUT2D eigenvalue weighted by molar-refractivity contribution is 7.90. The van der Waals surface area contributed by atoms with Gasteiger partial charge in [0.25, 0.3) is 21.8 Å². The number of hydrogen-bond donors (Lipinski definition) is 2. The van der Waals surface area contributed by atoms with Crippen LogP contribution in [0.2, 0.25) is 0 Å². The van der Waals surface area contributed by atoms with E-state index in [1.165, 1.54) is 30.3 Å². The number of aromatic nitrogens is 1. The van der Waals surface area contributed by atoms with Gasteiger partial charge in [0.15, 0.2) is 0 Å². The number of amides is 2.